The maximum absolute atomic E-state index is 11.0. The first-order valence-corrected chi connectivity index (χ1v) is 6.42. The van der Waals surface area contributed by atoms with Crippen LogP contribution in [-0.2, 0) is 14.3 Å². The number of hydrogen-bond acceptors (Lipinski definition) is 5. The van der Waals surface area contributed by atoms with E-state index in [2.05, 4.69) is 6.07 Å². The van der Waals surface area contributed by atoms with Gasteiger partial charge in [0.15, 0.2) is 0 Å². The molecule has 5 heteroatoms. The Morgan fingerprint density at radius 2 is 2.24 bits per heavy atom. The molecule has 0 bridgehead atoms. The molecule has 0 aliphatic heterocycles. The lowest BCUT2D eigenvalue weighted by atomic mass is 10.2. The highest BCUT2D eigenvalue weighted by Crippen LogP contribution is 2.26. The van der Waals surface area contributed by atoms with E-state index in [1.807, 2.05) is 13.8 Å². The van der Waals surface area contributed by atoms with E-state index in [0.717, 1.165) is 4.88 Å². The lowest BCUT2D eigenvalue weighted by molar-refractivity contribution is -0.148. The zero-order chi connectivity index (χ0) is 12.8. The largest absolute Gasteiger partial charge is 0.464 e. The Morgan fingerprint density at radius 3 is 2.76 bits per heavy atom. The van der Waals surface area contributed by atoms with Crippen molar-refractivity contribution < 1.29 is 14.3 Å². The molecule has 0 aliphatic rings. The summed E-state index contributed by atoms with van der Waals surface area (Å²) in [6, 6.07) is 1.92. The normalized spacial score (nSPS) is 12.5. The van der Waals surface area contributed by atoms with Gasteiger partial charge in [-0.3, -0.25) is 0 Å². The van der Waals surface area contributed by atoms with Crippen molar-refractivity contribution in [1.82, 2.24) is 0 Å². The van der Waals surface area contributed by atoms with E-state index in [-0.39, 0.29) is 18.6 Å². The van der Waals surface area contributed by atoms with Crippen molar-refractivity contribution in [3.63, 3.8) is 0 Å². The first kappa shape index (κ1) is 14.2. The molecular formula is C12H19NO3S. The van der Waals surface area contributed by atoms with Crippen molar-refractivity contribution in [2.45, 2.75) is 26.8 Å². The fraction of sp³-hybridized carbons (Fsp3) is 0.583. The summed E-state index contributed by atoms with van der Waals surface area (Å²) in [5.41, 5.74) is 7.18. The second-order valence-corrected chi connectivity index (χ2v) is 5.12. The van der Waals surface area contributed by atoms with Crippen LogP contribution in [0.15, 0.2) is 6.07 Å². The van der Waals surface area contributed by atoms with Gasteiger partial charge < -0.3 is 15.2 Å². The van der Waals surface area contributed by atoms with Crippen molar-refractivity contribution >= 4 is 17.3 Å². The highest BCUT2D eigenvalue weighted by molar-refractivity contribution is 7.12. The summed E-state index contributed by atoms with van der Waals surface area (Å²) >= 11 is 1.67. The molecule has 1 heterocycles. The van der Waals surface area contributed by atoms with Crippen LogP contribution in [0.25, 0.3) is 0 Å². The molecule has 0 fully saturated rings. The van der Waals surface area contributed by atoms with Gasteiger partial charge in [0.2, 0.25) is 0 Å². The van der Waals surface area contributed by atoms with E-state index in [1.165, 1.54) is 10.4 Å². The zero-order valence-electron chi connectivity index (χ0n) is 10.5. The smallest absolute Gasteiger partial charge is 0.332 e. The van der Waals surface area contributed by atoms with E-state index in [1.54, 1.807) is 18.3 Å². The summed E-state index contributed by atoms with van der Waals surface area (Å²) in [4.78, 5) is 13.4. The van der Waals surface area contributed by atoms with Gasteiger partial charge in [-0.05, 0) is 32.4 Å². The van der Waals surface area contributed by atoms with Crippen molar-refractivity contribution in [3.05, 3.63) is 21.4 Å². The summed E-state index contributed by atoms with van der Waals surface area (Å²) < 4.78 is 9.99. The minimum Gasteiger partial charge on any atom is -0.464 e. The van der Waals surface area contributed by atoms with E-state index in [0.29, 0.717) is 13.2 Å². The van der Waals surface area contributed by atoms with Gasteiger partial charge in [-0.15, -0.1) is 11.3 Å². The molecule has 0 radical (unpaired) electrons. The quantitative estimate of drug-likeness (QED) is 0.791. The molecule has 0 saturated heterocycles. The van der Waals surface area contributed by atoms with E-state index >= 15 is 0 Å². The number of aryl methyl sites for hydroxylation is 2. The van der Waals surface area contributed by atoms with Crippen LogP contribution >= 0.6 is 11.3 Å². The Bertz CT molecular complexity index is 376. The number of carbonyl (C=O) groups is 1. The number of rotatable bonds is 6. The van der Waals surface area contributed by atoms with Gasteiger partial charge in [0.1, 0.15) is 6.61 Å². The Kier molecular flexibility index (Phi) is 5.61. The molecule has 1 aromatic heterocycles. The Balaban J connectivity index is 2.37. The average molecular weight is 257 g/mol. The van der Waals surface area contributed by atoms with Crippen LogP contribution in [-0.4, -0.2) is 25.8 Å². The third-order valence-electron chi connectivity index (χ3n) is 2.24. The molecule has 4 nitrogen and oxygen atoms in total. The number of carbonyl (C=O) groups excluding carboxylic acids is 1. The van der Waals surface area contributed by atoms with Crippen LogP contribution in [0.4, 0.5) is 0 Å². The predicted octanol–water partition coefficient (Wildman–Crippen LogP) is 1.94. The molecule has 17 heavy (non-hydrogen) atoms. The Morgan fingerprint density at radius 1 is 1.53 bits per heavy atom. The van der Waals surface area contributed by atoms with E-state index in [9.17, 15) is 4.79 Å². The van der Waals surface area contributed by atoms with E-state index in [4.69, 9.17) is 15.2 Å². The van der Waals surface area contributed by atoms with Crippen LogP contribution < -0.4 is 5.73 Å². The average Bonchev–Trinajstić information content (AvgIpc) is 2.58. The standard InChI is InChI=1S/C12H19NO3S/c1-4-16-11(14)7-15-6-10(13)12-8(2)5-9(3)17-12/h5,10H,4,6-7,13H2,1-3H3. The van der Waals surface area contributed by atoms with Crippen molar-refractivity contribution in [2.75, 3.05) is 19.8 Å². The van der Waals surface area contributed by atoms with Gasteiger partial charge in [0.05, 0.1) is 19.3 Å². The third kappa shape index (κ3) is 4.46. The van der Waals surface area contributed by atoms with Crippen molar-refractivity contribution in [1.29, 1.82) is 0 Å². The number of hydrogen-bond donors (Lipinski definition) is 1. The SMILES string of the molecule is CCOC(=O)COCC(N)c1sc(C)cc1C. The number of nitrogens with two attached hydrogens (primary N) is 1. The predicted molar refractivity (Wildman–Crippen MR) is 68.2 cm³/mol. The summed E-state index contributed by atoms with van der Waals surface area (Å²) in [6.45, 7) is 6.51. The second kappa shape index (κ2) is 6.74. The Hall–Kier alpha value is -0.910. The maximum Gasteiger partial charge on any atom is 0.332 e. The van der Waals surface area contributed by atoms with Crippen LogP contribution in [0.1, 0.15) is 28.3 Å². The maximum atomic E-state index is 11.0. The number of thiophene rings is 1. The fourth-order valence-corrected chi connectivity index (χ4v) is 2.60. The third-order valence-corrected chi connectivity index (χ3v) is 3.52. The second-order valence-electron chi connectivity index (χ2n) is 3.83. The molecule has 1 atom stereocenters. The van der Waals surface area contributed by atoms with E-state index < -0.39 is 0 Å². The summed E-state index contributed by atoms with van der Waals surface area (Å²) in [6.07, 6.45) is 0. The van der Waals surface area contributed by atoms with Gasteiger partial charge in [0.25, 0.3) is 0 Å². The molecule has 1 rings (SSSR count). The molecule has 0 aromatic carbocycles. The van der Waals surface area contributed by atoms with Gasteiger partial charge in [-0.1, -0.05) is 0 Å². The summed E-state index contributed by atoms with van der Waals surface area (Å²) in [5.74, 6) is -0.348. The number of esters is 1. The van der Waals surface area contributed by atoms with Gasteiger partial charge in [-0.25, -0.2) is 4.79 Å². The van der Waals surface area contributed by atoms with Crippen LogP contribution in [0.5, 0.6) is 0 Å². The molecule has 1 unspecified atom stereocenters. The zero-order valence-corrected chi connectivity index (χ0v) is 11.3. The lowest BCUT2D eigenvalue weighted by Gasteiger charge is -2.11. The van der Waals surface area contributed by atoms with Crippen molar-refractivity contribution in [2.24, 2.45) is 5.73 Å². The molecule has 96 valence electrons. The molecule has 0 saturated carbocycles. The first-order valence-electron chi connectivity index (χ1n) is 5.60. The fourth-order valence-electron chi connectivity index (χ4n) is 1.58. The summed E-state index contributed by atoms with van der Waals surface area (Å²) in [5, 5.41) is 0. The minimum atomic E-state index is -0.348. The highest BCUT2D eigenvalue weighted by atomic mass is 32.1. The van der Waals surface area contributed by atoms with Gasteiger partial charge in [0, 0.05) is 9.75 Å². The molecule has 0 spiro atoms. The number of ether oxygens (including phenoxy) is 2. The molecule has 2 N–H and O–H groups in total. The van der Waals surface area contributed by atoms with Crippen LogP contribution in [0.2, 0.25) is 0 Å². The highest BCUT2D eigenvalue weighted by Gasteiger charge is 2.13. The monoisotopic (exact) mass is 257 g/mol. The minimum absolute atomic E-state index is 0.0368. The molecule has 1 aromatic rings. The summed E-state index contributed by atoms with van der Waals surface area (Å²) in [7, 11) is 0. The van der Waals surface area contributed by atoms with Gasteiger partial charge in [-0.2, -0.15) is 0 Å². The first-order chi connectivity index (χ1) is 8.04. The van der Waals surface area contributed by atoms with Crippen LogP contribution in [0, 0.1) is 13.8 Å². The van der Waals surface area contributed by atoms with Crippen molar-refractivity contribution in [3.8, 4) is 0 Å². The molecule has 0 amide bonds. The van der Waals surface area contributed by atoms with Crippen LogP contribution in [0.3, 0.4) is 0 Å². The van der Waals surface area contributed by atoms with Gasteiger partial charge >= 0.3 is 5.97 Å². The Labute approximate surface area is 106 Å². The topological polar surface area (TPSA) is 61.5 Å². The lowest BCUT2D eigenvalue weighted by Crippen LogP contribution is -2.20. The molecule has 0 aliphatic carbocycles. The molecular weight excluding hydrogens is 238 g/mol.